The van der Waals surface area contributed by atoms with Gasteiger partial charge in [-0.1, -0.05) is 12.1 Å². The number of ketones is 1. The van der Waals surface area contributed by atoms with Crippen molar-refractivity contribution in [3.05, 3.63) is 29.3 Å². The van der Waals surface area contributed by atoms with Gasteiger partial charge < -0.3 is 15.2 Å². The Hall–Kier alpha value is -1.39. The molecule has 108 valence electrons. The number of benzene rings is 1. The first kappa shape index (κ1) is 13.6. The number of nitrogens with two attached hydrogens (primary N) is 1. The lowest BCUT2D eigenvalue weighted by Crippen LogP contribution is -2.25. The molecule has 2 atom stereocenters. The summed E-state index contributed by atoms with van der Waals surface area (Å²) in [6.07, 6.45) is 3.85. The van der Waals surface area contributed by atoms with Crippen LogP contribution in [0.25, 0.3) is 0 Å². The molecule has 0 spiro atoms. The first-order chi connectivity index (χ1) is 9.76. The van der Waals surface area contributed by atoms with E-state index in [0.717, 1.165) is 38.0 Å². The SMILES string of the molecule is NCC1CCC(C(=O)CCc2ccc3c(c2)CCO3)O1. The molecule has 2 heterocycles. The summed E-state index contributed by atoms with van der Waals surface area (Å²) >= 11 is 0. The van der Waals surface area contributed by atoms with E-state index in [1.165, 1.54) is 11.1 Å². The molecule has 1 aromatic carbocycles. The summed E-state index contributed by atoms with van der Waals surface area (Å²) in [4.78, 5) is 12.1. The Labute approximate surface area is 119 Å². The van der Waals surface area contributed by atoms with Gasteiger partial charge >= 0.3 is 0 Å². The second-order valence-corrected chi connectivity index (χ2v) is 5.57. The summed E-state index contributed by atoms with van der Waals surface area (Å²) in [5, 5.41) is 0. The van der Waals surface area contributed by atoms with Crippen LogP contribution in [-0.2, 0) is 22.4 Å². The van der Waals surface area contributed by atoms with Gasteiger partial charge in [-0.25, -0.2) is 0 Å². The molecule has 0 aromatic heterocycles. The molecule has 0 bridgehead atoms. The molecule has 0 saturated carbocycles. The van der Waals surface area contributed by atoms with Crippen molar-refractivity contribution in [3.8, 4) is 5.75 Å². The van der Waals surface area contributed by atoms with E-state index in [4.69, 9.17) is 15.2 Å². The van der Waals surface area contributed by atoms with Crippen LogP contribution in [0, 0.1) is 0 Å². The molecule has 0 radical (unpaired) electrons. The highest BCUT2D eigenvalue weighted by Gasteiger charge is 2.29. The van der Waals surface area contributed by atoms with Gasteiger partial charge in [0.05, 0.1) is 12.7 Å². The van der Waals surface area contributed by atoms with Gasteiger partial charge in [-0.3, -0.25) is 4.79 Å². The maximum atomic E-state index is 12.1. The van der Waals surface area contributed by atoms with E-state index in [1.54, 1.807) is 0 Å². The lowest BCUT2D eigenvalue weighted by molar-refractivity contribution is -0.129. The standard InChI is InChI=1S/C16H21NO3/c17-10-13-3-6-16(20-13)14(18)4-1-11-2-5-15-12(9-11)7-8-19-15/h2,5,9,13,16H,1,3-4,6-8,10,17H2. The number of carbonyl (C=O) groups is 1. The van der Waals surface area contributed by atoms with E-state index in [0.29, 0.717) is 13.0 Å². The van der Waals surface area contributed by atoms with Crippen molar-refractivity contribution in [1.82, 2.24) is 0 Å². The summed E-state index contributed by atoms with van der Waals surface area (Å²) in [6.45, 7) is 1.28. The molecule has 0 amide bonds. The Morgan fingerprint density at radius 2 is 2.25 bits per heavy atom. The second kappa shape index (κ2) is 5.94. The number of ether oxygens (including phenoxy) is 2. The Morgan fingerprint density at radius 1 is 1.35 bits per heavy atom. The van der Waals surface area contributed by atoms with Crippen LogP contribution in [0.4, 0.5) is 0 Å². The van der Waals surface area contributed by atoms with Crippen LogP contribution in [-0.4, -0.2) is 31.1 Å². The number of hydrogen-bond acceptors (Lipinski definition) is 4. The molecule has 1 fully saturated rings. The molecule has 2 unspecified atom stereocenters. The minimum Gasteiger partial charge on any atom is -0.493 e. The van der Waals surface area contributed by atoms with Crippen LogP contribution in [0.3, 0.4) is 0 Å². The third-order valence-corrected chi connectivity index (χ3v) is 4.14. The maximum absolute atomic E-state index is 12.1. The lowest BCUT2D eigenvalue weighted by atomic mass is 10.0. The van der Waals surface area contributed by atoms with Crippen molar-refractivity contribution in [2.75, 3.05) is 13.2 Å². The van der Waals surface area contributed by atoms with Crippen molar-refractivity contribution < 1.29 is 14.3 Å². The molecular weight excluding hydrogens is 254 g/mol. The quantitative estimate of drug-likeness (QED) is 0.887. The van der Waals surface area contributed by atoms with Crippen LogP contribution in [0.2, 0.25) is 0 Å². The highest BCUT2D eigenvalue weighted by atomic mass is 16.5. The first-order valence-corrected chi connectivity index (χ1v) is 7.39. The van der Waals surface area contributed by atoms with Gasteiger partial charge in [-0.2, -0.15) is 0 Å². The van der Waals surface area contributed by atoms with Gasteiger partial charge in [-0.05, 0) is 36.5 Å². The Morgan fingerprint density at radius 3 is 3.05 bits per heavy atom. The topological polar surface area (TPSA) is 61.6 Å². The van der Waals surface area contributed by atoms with Crippen molar-refractivity contribution in [3.63, 3.8) is 0 Å². The summed E-state index contributed by atoms with van der Waals surface area (Å²) in [5.41, 5.74) is 8.03. The fraction of sp³-hybridized carbons (Fsp3) is 0.562. The zero-order valence-electron chi connectivity index (χ0n) is 11.6. The van der Waals surface area contributed by atoms with Gasteiger partial charge in [0.2, 0.25) is 0 Å². The van der Waals surface area contributed by atoms with Gasteiger partial charge in [0.1, 0.15) is 11.9 Å². The number of aryl methyl sites for hydroxylation is 1. The number of fused-ring (bicyclic) bond motifs is 1. The molecule has 0 aliphatic carbocycles. The van der Waals surface area contributed by atoms with Gasteiger partial charge in [0, 0.05) is 19.4 Å². The van der Waals surface area contributed by atoms with Crippen molar-refractivity contribution >= 4 is 5.78 Å². The Bertz CT molecular complexity index is 500. The minimum absolute atomic E-state index is 0.0705. The third kappa shape index (κ3) is 2.86. The molecule has 2 N–H and O–H groups in total. The third-order valence-electron chi connectivity index (χ3n) is 4.14. The summed E-state index contributed by atoms with van der Waals surface area (Å²) < 4.78 is 11.1. The molecule has 4 nitrogen and oxygen atoms in total. The van der Waals surface area contributed by atoms with Crippen LogP contribution < -0.4 is 10.5 Å². The van der Waals surface area contributed by atoms with Gasteiger partial charge in [0.25, 0.3) is 0 Å². The minimum atomic E-state index is -0.235. The summed E-state index contributed by atoms with van der Waals surface area (Å²) in [6, 6.07) is 6.22. The summed E-state index contributed by atoms with van der Waals surface area (Å²) in [7, 11) is 0. The van der Waals surface area contributed by atoms with Crippen LogP contribution in [0.5, 0.6) is 5.75 Å². The predicted molar refractivity (Wildman–Crippen MR) is 75.9 cm³/mol. The summed E-state index contributed by atoms with van der Waals surface area (Å²) in [5.74, 6) is 1.20. The van der Waals surface area contributed by atoms with Crippen LogP contribution in [0.1, 0.15) is 30.4 Å². The number of carbonyl (C=O) groups excluding carboxylic acids is 1. The van der Waals surface area contributed by atoms with Crippen molar-refractivity contribution in [2.24, 2.45) is 5.73 Å². The van der Waals surface area contributed by atoms with Crippen LogP contribution in [0.15, 0.2) is 18.2 Å². The molecule has 1 saturated heterocycles. The van der Waals surface area contributed by atoms with Crippen molar-refractivity contribution in [1.29, 1.82) is 0 Å². The largest absolute Gasteiger partial charge is 0.493 e. The zero-order valence-corrected chi connectivity index (χ0v) is 11.6. The Balaban J connectivity index is 1.53. The zero-order chi connectivity index (χ0) is 13.9. The second-order valence-electron chi connectivity index (χ2n) is 5.57. The average Bonchev–Trinajstić information content (AvgIpc) is 3.12. The monoisotopic (exact) mass is 275 g/mol. The van der Waals surface area contributed by atoms with E-state index in [-0.39, 0.29) is 18.0 Å². The highest BCUT2D eigenvalue weighted by Crippen LogP contribution is 2.27. The molecule has 2 aliphatic rings. The predicted octanol–water partition coefficient (Wildman–Crippen LogP) is 1.63. The van der Waals surface area contributed by atoms with Crippen molar-refractivity contribution in [2.45, 2.75) is 44.3 Å². The molecular formula is C16H21NO3. The van der Waals surface area contributed by atoms with E-state index in [9.17, 15) is 4.79 Å². The van der Waals surface area contributed by atoms with Gasteiger partial charge in [0.15, 0.2) is 5.78 Å². The maximum Gasteiger partial charge on any atom is 0.161 e. The lowest BCUT2D eigenvalue weighted by Gasteiger charge is -2.11. The molecule has 1 aromatic rings. The molecule has 4 heteroatoms. The molecule has 2 aliphatic heterocycles. The number of Topliss-reactive ketones (excluding diaryl/α,β-unsaturated/α-hetero) is 1. The van der Waals surface area contributed by atoms with Gasteiger partial charge in [-0.15, -0.1) is 0 Å². The Kier molecular flexibility index (Phi) is 4.03. The fourth-order valence-electron chi connectivity index (χ4n) is 2.94. The molecule has 3 rings (SSSR count). The number of rotatable bonds is 5. The fourth-order valence-corrected chi connectivity index (χ4v) is 2.94. The highest BCUT2D eigenvalue weighted by molar-refractivity contribution is 5.83. The van der Waals surface area contributed by atoms with E-state index in [1.807, 2.05) is 6.07 Å². The van der Waals surface area contributed by atoms with E-state index < -0.39 is 0 Å². The smallest absolute Gasteiger partial charge is 0.161 e. The normalized spacial score (nSPS) is 24.4. The number of hydrogen-bond donors (Lipinski definition) is 1. The van der Waals surface area contributed by atoms with E-state index in [2.05, 4.69) is 12.1 Å². The molecule has 20 heavy (non-hydrogen) atoms. The first-order valence-electron chi connectivity index (χ1n) is 7.39. The average molecular weight is 275 g/mol. The van der Waals surface area contributed by atoms with Crippen LogP contribution >= 0.6 is 0 Å². The van der Waals surface area contributed by atoms with E-state index >= 15 is 0 Å².